The molecule has 19 heavy (non-hydrogen) atoms. The zero-order valence-electron chi connectivity index (χ0n) is 12.7. The van der Waals surface area contributed by atoms with Gasteiger partial charge in [0.15, 0.2) is 0 Å². The second-order valence-electron chi connectivity index (χ2n) is 6.85. The number of carbonyl (C=O) groups excluding carboxylic acids is 1. The Morgan fingerprint density at radius 3 is 2.63 bits per heavy atom. The van der Waals surface area contributed by atoms with Crippen molar-refractivity contribution in [2.24, 2.45) is 11.7 Å². The summed E-state index contributed by atoms with van der Waals surface area (Å²) in [7, 11) is 4.21. The molecule has 4 nitrogen and oxygen atoms in total. The van der Waals surface area contributed by atoms with Crippen molar-refractivity contribution in [1.82, 2.24) is 9.80 Å². The van der Waals surface area contributed by atoms with Crippen LogP contribution >= 0.6 is 0 Å². The average Bonchev–Trinajstić information content (AvgIpc) is 2.37. The second-order valence-corrected chi connectivity index (χ2v) is 6.85. The first kappa shape index (κ1) is 14.8. The molecule has 0 aromatic heterocycles. The van der Waals surface area contributed by atoms with Gasteiger partial charge in [0.1, 0.15) is 0 Å². The number of likely N-dealkylation sites (tertiary alicyclic amines) is 1. The molecule has 110 valence electrons. The van der Waals surface area contributed by atoms with E-state index in [1.807, 2.05) is 0 Å². The highest BCUT2D eigenvalue weighted by atomic mass is 16.2. The van der Waals surface area contributed by atoms with Crippen molar-refractivity contribution in [3.05, 3.63) is 0 Å². The Kier molecular flexibility index (Phi) is 4.51. The van der Waals surface area contributed by atoms with E-state index in [9.17, 15) is 4.79 Å². The van der Waals surface area contributed by atoms with Gasteiger partial charge in [-0.2, -0.15) is 0 Å². The third-order valence-electron chi connectivity index (χ3n) is 4.99. The SMILES string of the molecule is CN(C)C1CCCN(C(=O)C2CCCCC2(C)N)C1. The minimum Gasteiger partial charge on any atom is -0.341 e. The number of piperidine rings is 1. The second kappa shape index (κ2) is 5.80. The van der Waals surface area contributed by atoms with Gasteiger partial charge in [0.05, 0.1) is 5.92 Å². The molecule has 1 amide bonds. The number of hydrogen-bond donors (Lipinski definition) is 1. The third kappa shape index (κ3) is 3.29. The molecule has 2 aliphatic rings. The molecule has 2 rings (SSSR count). The Balaban J connectivity index is 2.02. The predicted octanol–water partition coefficient (Wildman–Crippen LogP) is 1.45. The lowest BCUT2D eigenvalue weighted by Gasteiger charge is -2.43. The molecule has 3 unspecified atom stereocenters. The van der Waals surface area contributed by atoms with Gasteiger partial charge in [-0.05, 0) is 46.7 Å². The summed E-state index contributed by atoms with van der Waals surface area (Å²) in [5.74, 6) is 0.332. The van der Waals surface area contributed by atoms with Gasteiger partial charge in [-0.3, -0.25) is 4.79 Å². The minimum atomic E-state index is -0.305. The summed E-state index contributed by atoms with van der Waals surface area (Å²) in [5, 5.41) is 0. The van der Waals surface area contributed by atoms with Crippen LogP contribution in [0.4, 0.5) is 0 Å². The maximum absolute atomic E-state index is 12.8. The summed E-state index contributed by atoms with van der Waals surface area (Å²) in [5.41, 5.74) is 6.06. The standard InChI is InChI=1S/C15H29N3O/c1-15(16)9-5-4-8-13(15)14(19)18-10-6-7-12(11-18)17(2)3/h12-13H,4-11,16H2,1-3H3. The summed E-state index contributed by atoms with van der Waals surface area (Å²) in [6, 6.07) is 0.505. The van der Waals surface area contributed by atoms with Crippen LogP contribution in [0.1, 0.15) is 45.4 Å². The number of amides is 1. The van der Waals surface area contributed by atoms with Crippen molar-refractivity contribution in [3.63, 3.8) is 0 Å². The fourth-order valence-corrected chi connectivity index (χ4v) is 3.56. The van der Waals surface area contributed by atoms with E-state index in [1.54, 1.807) is 0 Å². The van der Waals surface area contributed by atoms with E-state index >= 15 is 0 Å². The number of nitrogens with zero attached hydrogens (tertiary/aromatic N) is 2. The summed E-state index contributed by atoms with van der Waals surface area (Å²) >= 11 is 0. The summed E-state index contributed by atoms with van der Waals surface area (Å²) in [6.45, 7) is 3.84. The van der Waals surface area contributed by atoms with Crippen molar-refractivity contribution in [2.75, 3.05) is 27.2 Å². The highest BCUT2D eigenvalue weighted by molar-refractivity contribution is 5.80. The Morgan fingerprint density at radius 2 is 2.00 bits per heavy atom. The first-order valence-electron chi connectivity index (χ1n) is 7.66. The molecule has 1 aliphatic carbocycles. The van der Waals surface area contributed by atoms with Crippen LogP contribution in [-0.2, 0) is 4.79 Å². The Bertz CT molecular complexity index is 327. The quantitative estimate of drug-likeness (QED) is 0.824. The number of carbonyl (C=O) groups is 1. The molecule has 0 aromatic carbocycles. The molecule has 0 spiro atoms. The average molecular weight is 267 g/mol. The van der Waals surface area contributed by atoms with Gasteiger partial charge < -0.3 is 15.5 Å². The van der Waals surface area contributed by atoms with E-state index in [2.05, 4.69) is 30.8 Å². The predicted molar refractivity (Wildman–Crippen MR) is 77.8 cm³/mol. The van der Waals surface area contributed by atoms with E-state index < -0.39 is 0 Å². The van der Waals surface area contributed by atoms with Gasteiger partial charge in [-0.25, -0.2) is 0 Å². The van der Waals surface area contributed by atoms with Crippen LogP contribution in [0.2, 0.25) is 0 Å². The van der Waals surface area contributed by atoms with Crippen LogP contribution in [0.3, 0.4) is 0 Å². The molecule has 1 saturated heterocycles. The van der Waals surface area contributed by atoms with Gasteiger partial charge in [-0.15, -0.1) is 0 Å². The molecule has 1 aliphatic heterocycles. The molecule has 2 N–H and O–H groups in total. The molecular weight excluding hydrogens is 238 g/mol. The highest BCUT2D eigenvalue weighted by Crippen LogP contribution is 2.33. The molecular formula is C15H29N3O. The maximum Gasteiger partial charge on any atom is 0.227 e. The van der Waals surface area contributed by atoms with Crippen LogP contribution in [0, 0.1) is 5.92 Å². The smallest absolute Gasteiger partial charge is 0.227 e. The largest absolute Gasteiger partial charge is 0.341 e. The highest BCUT2D eigenvalue weighted by Gasteiger charge is 2.40. The fraction of sp³-hybridized carbons (Fsp3) is 0.933. The molecule has 1 saturated carbocycles. The molecule has 0 bridgehead atoms. The zero-order valence-corrected chi connectivity index (χ0v) is 12.7. The van der Waals surface area contributed by atoms with Crippen molar-refractivity contribution >= 4 is 5.91 Å². The number of nitrogens with two attached hydrogens (primary N) is 1. The lowest BCUT2D eigenvalue weighted by molar-refractivity contribution is -0.140. The van der Waals surface area contributed by atoms with Crippen LogP contribution < -0.4 is 5.73 Å². The van der Waals surface area contributed by atoms with Crippen molar-refractivity contribution < 1.29 is 4.79 Å². The van der Waals surface area contributed by atoms with Crippen LogP contribution in [-0.4, -0.2) is 54.5 Å². The number of rotatable bonds is 2. The lowest BCUT2D eigenvalue weighted by atomic mass is 9.73. The number of hydrogen-bond acceptors (Lipinski definition) is 3. The Labute approximate surface area is 117 Å². The molecule has 4 heteroatoms. The van der Waals surface area contributed by atoms with Crippen molar-refractivity contribution in [3.8, 4) is 0 Å². The van der Waals surface area contributed by atoms with E-state index in [4.69, 9.17) is 5.73 Å². The maximum atomic E-state index is 12.8. The van der Waals surface area contributed by atoms with Gasteiger partial charge in [0.25, 0.3) is 0 Å². The van der Waals surface area contributed by atoms with E-state index in [0.717, 1.165) is 45.2 Å². The lowest BCUT2D eigenvalue weighted by Crippen LogP contribution is -2.56. The third-order valence-corrected chi connectivity index (χ3v) is 4.99. The molecule has 0 radical (unpaired) electrons. The van der Waals surface area contributed by atoms with E-state index in [1.165, 1.54) is 6.42 Å². The van der Waals surface area contributed by atoms with Crippen LogP contribution in [0.15, 0.2) is 0 Å². The van der Waals surface area contributed by atoms with Crippen molar-refractivity contribution in [2.45, 2.75) is 57.0 Å². The normalized spacial score (nSPS) is 36.6. The Morgan fingerprint density at radius 1 is 1.26 bits per heavy atom. The summed E-state index contributed by atoms with van der Waals surface area (Å²) in [4.78, 5) is 17.1. The first-order chi connectivity index (χ1) is 8.92. The summed E-state index contributed by atoms with van der Waals surface area (Å²) in [6.07, 6.45) is 6.57. The molecule has 1 heterocycles. The molecule has 2 fully saturated rings. The first-order valence-corrected chi connectivity index (χ1v) is 7.66. The topological polar surface area (TPSA) is 49.6 Å². The van der Waals surface area contributed by atoms with Gasteiger partial charge in [-0.1, -0.05) is 12.8 Å². The molecule has 3 atom stereocenters. The van der Waals surface area contributed by atoms with Crippen LogP contribution in [0.25, 0.3) is 0 Å². The monoisotopic (exact) mass is 267 g/mol. The minimum absolute atomic E-state index is 0.0298. The zero-order chi connectivity index (χ0) is 14.0. The van der Waals surface area contributed by atoms with Crippen LogP contribution in [0.5, 0.6) is 0 Å². The van der Waals surface area contributed by atoms with Gasteiger partial charge in [0.2, 0.25) is 5.91 Å². The Hall–Kier alpha value is -0.610. The van der Waals surface area contributed by atoms with Gasteiger partial charge >= 0.3 is 0 Å². The molecule has 0 aromatic rings. The fourth-order valence-electron chi connectivity index (χ4n) is 3.56. The summed E-state index contributed by atoms with van der Waals surface area (Å²) < 4.78 is 0. The van der Waals surface area contributed by atoms with Crippen molar-refractivity contribution in [1.29, 1.82) is 0 Å². The van der Waals surface area contributed by atoms with Gasteiger partial charge in [0, 0.05) is 24.7 Å². The van der Waals surface area contributed by atoms with E-state index in [-0.39, 0.29) is 11.5 Å². The van der Waals surface area contributed by atoms with E-state index in [0.29, 0.717) is 11.9 Å². The number of likely N-dealkylation sites (N-methyl/N-ethyl adjacent to an activating group) is 1.